The van der Waals surface area contributed by atoms with E-state index in [2.05, 4.69) is 15.3 Å². The van der Waals surface area contributed by atoms with Gasteiger partial charge in [0, 0.05) is 39.1 Å². The monoisotopic (exact) mass is 371 g/mol. The van der Waals surface area contributed by atoms with Crippen LogP contribution >= 0.6 is 0 Å². The number of hydrogen-bond donors (Lipinski definition) is 2. The maximum Gasteiger partial charge on any atom is 0.237 e. The maximum atomic E-state index is 12.6. The molecule has 144 valence electrons. The number of amides is 2. The van der Waals surface area contributed by atoms with E-state index in [1.165, 1.54) is 0 Å². The number of aromatic amines is 1. The Morgan fingerprint density at radius 3 is 3.04 bits per heavy atom. The highest BCUT2D eigenvalue weighted by atomic mass is 16.5. The summed E-state index contributed by atoms with van der Waals surface area (Å²) in [7, 11) is 3.35. The molecule has 3 rings (SSSR count). The predicted octanol–water partition coefficient (Wildman–Crippen LogP) is 0.767. The lowest BCUT2D eigenvalue weighted by molar-refractivity contribution is -0.138. The number of methoxy groups -OCH3 is 1. The van der Waals surface area contributed by atoms with E-state index in [0.717, 1.165) is 11.3 Å². The molecule has 1 aliphatic heterocycles. The molecule has 1 saturated heterocycles. The molecule has 0 saturated carbocycles. The summed E-state index contributed by atoms with van der Waals surface area (Å²) in [5, 5.41) is 2.87. The molecule has 8 nitrogen and oxygen atoms in total. The molecule has 2 heterocycles. The number of nitrogens with zero attached hydrogens (tertiary/aromatic N) is 3. The van der Waals surface area contributed by atoms with Crippen LogP contribution < -0.4 is 10.1 Å². The summed E-state index contributed by atoms with van der Waals surface area (Å²) in [6, 6.07) is 7.27. The van der Waals surface area contributed by atoms with Gasteiger partial charge in [0.15, 0.2) is 0 Å². The summed E-state index contributed by atoms with van der Waals surface area (Å²) in [6.07, 6.45) is 3.50. The van der Waals surface area contributed by atoms with Crippen molar-refractivity contribution in [3.05, 3.63) is 48.0 Å². The van der Waals surface area contributed by atoms with Crippen LogP contribution in [0, 0.1) is 0 Å². The third kappa shape index (κ3) is 4.85. The predicted molar refractivity (Wildman–Crippen MR) is 99.9 cm³/mol. The second-order valence-corrected chi connectivity index (χ2v) is 6.62. The van der Waals surface area contributed by atoms with Crippen molar-refractivity contribution in [2.45, 2.75) is 25.6 Å². The van der Waals surface area contributed by atoms with Crippen LogP contribution in [0.2, 0.25) is 0 Å². The summed E-state index contributed by atoms with van der Waals surface area (Å²) < 4.78 is 5.27. The number of benzene rings is 1. The lowest BCUT2D eigenvalue weighted by Gasteiger charge is -2.35. The van der Waals surface area contributed by atoms with Crippen molar-refractivity contribution in [3.8, 4) is 5.75 Å². The highest BCUT2D eigenvalue weighted by Crippen LogP contribution is 2.18. The third-order valence-corrected chi connectivity index (χ3v) is 4.70. The Bertz CT molecular complexity index is 777. The standard InChI is InChI=1S/C19H25N5O3/c1-23(13-17-20-6-7-21-17)18(25)11-16-19(26)22-8-9-24(16)12-14-4-3-5-15(10-14)27-2/h3-7,10,16H,8-9,11-13H2,1-2H3,(H,20,21)(H,22,26)/t16-/m1/s1. The van der Waals surface area contributed by atoms with Gasteiger partial charge >= 0.3 is 0 Å². The van der Waals surface area contributed by atoms with Gasteiger partial charge in [0.05, 0.1) is 26.1 Å². The Balaban J connectivity index is 1.66. The van der Waals surface area contributed by atoms with Gasteiger partial charge in [-0.15, -0.1) is 0 Å². The van der Waals surface area contributed by atoms with Crippen molar-refractivity contribution < 1.29 is 14.3 Å². The molecule has 2 amide bonds. The lowest BCUT2D eigenvalue weighted by Crippen LogP contribution is -2.56. The lowest BCUT2D eigenvalue weighted by atomic mass is 10.1. The molecular weight excluding hydrogens is 346 g/mol. The van der Waals surface area contributed by atoms with Gasteiger partial charge in [0.2, 0.25) is 11.8 Å². The molecule has 0 aliphatic carbocycles. The molecule has 2 aromatic rings. The topological polar surface area (TPSA) is 90.6 Å². The van der Waals surface area contributed by atoms with Crippen molar-refractivity contribution in [2.24, 2.45) is 0 Å². The first kappa shape index (κ1) is 18.9. The number of carbonyl (C=O) groups is 2. The van der Waals surface area contributed by atoms with E-state index >= 15 is 0 Å². The number of piperazine rings is 1. The van der Waals surface area contributed by atoms with Gasteiger partial charge < -0.3 is 19.9 Å². The molecule has 1 fully saturated rings. The molecule has 0 bridgehead atoms. The number of hydrogen-bond acceptors (Lipinski definition) is 5. The fraction of sp³-hybridized carbons (Fsp3) is 0.421. The van der Waals surface area contributed by atoms with Gasteiger partial charge in [-0.05, 0) is 17.7 Å². The largest absolute Gasteiger partial charge is 0.497 e. The third-order valence-electron chi connectivity index (χ3n) is 4.70. The minimum absolute atomic E-state index is 0.0934. The molecule has 1 atom stereocenters. The zero-order chi connectivity index (χ0) is 19.2. The average Bonchev–Trinajstić information content (AvgIpc) is 3.17. The summed E-state index contributed by atoms with van der Waals surface area (Å²) in [5.41, 5.74) is 1.05. The molecular formula is C19H25N5O3. The molecule has 1 aromatic carbocycles. The Morgan fingerprint density at radius 2 is 2.30 bits per heavy atom. The van der Waals surface area contributed by atoms with E-state index in [9.17, 15) is 9.59 Å². The number of rotatable bonds is 7. The first-order chi connectivity index (χ1) is 13.1. The van der Waals surface area contributed by atoms with Crippen LogP contribution in [0.1, 0.15) is 17.8 Å². The molecule has 0 spiro atoms. The van der Waals surface area contributed by atoms with E-state index in [0.29, 0.717) is 32.0 Å². The Labute approximate surface area is 158 Å². The fourth-order valence-corrected chi connectivity index (χ4v) is 3.20. The summed E-state index contributed by atoms with van der Waals surface area (Å²) in [5.74, 6) is 1.29. The number of imidazole rings is 1. The Hall–Kier alpha value is -2.87. The van der Waals surface area contributed by atoms with Crippen molar-refractivity contribution >= 4 is 11.8 Å². The van der Waals surface area contributed by atoms with Crippen LogP contribution in [0.25, 0.3) is 0 Å². The molecule has 1 aromatic heterocycles. The minimum Gasteiger partial charge on any atom is -0.497 e. The van der Waals surface area contributed by atoms with Crippen molar-refractivity contribution in [1.82, 2.24) is 25.1 Å². The Kier molecular flexibility index (Phi) is 6.08. The zero-order valence-corrected chi connectivity index (χ0v) is 15.6. The van der Waals surface area contributed by atoms with Crippen LogP contribution in [-0.2, 0) is 22.7 Å². The maximum absolute atomic E-state index is 12.6. The normalized spacial score (nSPS) is 17.4. The molecule has 0 radical (unpaired) electrons. The van der Waals surface area contributed by atoms with Gasteiger partial charge in [0.1, 0.15) is 11.6 Å². The highest BCUT2D eigenvalue weighted by Gasteiger charge is 2.32. The van der Waals surface area contributed by atoms with Gasteiger partial charge in [-0.1, -0.05) is 12.1 Å². The quantitative estimate of drug-likeness (QED) is 0.750. The summed E-state index contributed by atoms with van der Waals surface area (Å²) in [6.45, 7) is 2.25. The fourth-order valence-electron chi connectivity index (χ4n) is 3.20. The van der Waals surface area contributed by atoms with Crippen LogP contribution in [0.3, 0.4) is 0 Å². The van der Waals surface area contributed by atoms with Gasteiger partial charge in [0.25, 0.3) is 0 Å². The van der Waals surface area contributed by atoms with Crippen LogP contribution in [0.5, 0.6) is 5.75 Å². The summed E-state index contributed by atoms with van der Waals surface area (Å²) >= 11 is 0. The minimum atomic E-state index is -0.489. The van der Waals surface area contributed by atoms with Crippen molar-refractivity contribution in [3.63, 3.8) is 0 Å². The Morgan fingerprint density at radius 1 is 1.44 bits per heavy atom. The smallest absolute Gasteiger partial charge is 0.237 e. The number of nitrogens with one attached hydrogen (secondary N) is 2. The van der Waals surface area contributed by atoms with Crippen molar-refractivity contribution in [2.75, 3.05) is 27.2 Å². The SMILES string of the molecule is COc1cccc(CN2CCNC(=O)[C@H]2CC(=O)N(C)Cc2ncc[nH]2)c1. The van der Waals surface area contributed by atoms with E-state index in [1.807, 2.05) is 29.2 Å². The van der Waals surface area contributed by atoms with Crippen molar-refractivity contribution in [1.29, 1.82) is 0 Å². The number of H-pyrrole nitrogens is 1. The first-order valence-electron chi connectivity index (χ1n) is 8.93. The molecule has 27 heavy (non-hydrogen) atoms. The van der Waals surface area contributed by atoms with E-state index < -0.39 is 6.04 Å². The molecule has 0 unspecified atom stereocenters. The van der Waals surface area contributed by atoms with Gasteiger partial charge in [-0.3, -0.25) is 14.5 Å². The second-order valence-electron chi connectivity index (χ2n) is 6.62. The molecule has 2 N–H and O–H groups in total. The van der Waals surface area contributed by atoms with E-state index in [-0.39, 0.29) is 18.2 Å². The number of carbonyl (C=O) groups excluding carboxylic acids is 2. The second kappa shape index (κ2) is 8.68. The molecule has 8 heteroatoms. The average molecular weight is 371 g/mol. The number of ether oxygens (including phenoxy) is 1. The summed E-state index contributed by atoms with van der Waals surface area (Å²) in [4.78, 5) is 35.8. The van der Waals surface area contributed by atoms with Gasteiger partial charge in [-0.25, -0.2) is 4.98 Å². The highest BCUT2D eigenvalue weighted by molar-refractivity contribution is 5.88. The molecule has 1 aliphatic rings. The van der Waals surface area contributed by atoms with Crippen LogP contribution in [0.15, 0.2) is 36.7 Å². The van der Waals surface area contributed by atoms with E-state index in [1.54, 1.807) is 31.5 Å². The van der Waals surface area contributed by atoms with E-state index in [4.69, 9.17) is 4.74 Å². The van der Waals surface area contributed by atoms with Crippen LogP contribution in [-0.4, -0.2) is 64.9 Å². The first-order valence-corrected chi connectivity index (χ1v) is 8.93. The zero-order valence-electron chi connectivity index (χ0n) is 15.6. The van der Waals surface area contributed by atoms with Crippen LogP contribution in [0.4, 0.5) is 0 Å². The van der Waals surface area contributed by atoms with Gasteiger partial charge in [-0.2, -0.15) is 0 Å². The number of aromatic nitrogens is 2.